The van der Waals surface area contributed by atoms with Gasteiger partial charge >= 0.3 is 5.97 Å². The third kappa shape index (κ3) is 1.26. The van der Waals surface area contributed by atoms with E-state index in [1.165, 1.54) is 7.11 Å². The molecule has 0 radical (unpaired) electrons. The van der Waals surface area contributed by atoms with Crippen LogP contribution in [-0.4, -0.2) is 24.3 Å². The van der Waals surface area contributed by atoms with Gasteiger partial charge in [-0.05, 0) is 25.7 Å². The Hall–Kier alpha value is -0.570. The van der Waals surface area contributed by atoms with Gasteiger partial charge in [0.05, 0.1) is 19.1 Å². The molecule has 0 aliphatic heterocycles. The van der Waals surface area contributed by atoms with Crippen LogP contribution in [0.15, 0.2) is 0 Å². The lowest BCUT2D eigenvalue weighted by molar-refractivity contribution is -0.152. The Kier molecular flexibility index (Phi) is 2.52. The standard InChI is InChI=1S/C11H18O3/c1-14-10(13)8-4-2-6-11(8)7-3-5-9(11)12/h8-9,12H,2-7H2,1H3/t8?,9-,11+/m0/s1. The summed E-state index contributed by atoms with van der Waals surface area (Å²) < 4.78 is 4.82. The number of esters is 1. The van der Waals surface area contributed by atoms with Crippen molar-refractivity contribution < 1.29 is 14.6 Å². The van der Waals surface area contributed by atoms with Crippen LogP contribution < -0.4 is 0 Å². The number of methoxy groups -OCH3 is 1. The third-order valence-corrected chi connectivity index (χ3v) is 4.10. The van der Waals surface area contributed by atoms with Gasteiger partial charge in [-0.25, -0.2) is 0 Å². The molecule has 0 bridgehead atoms. The number of ether oxygens (including phenoxy) is 1. The van der Waals surface area contributed by atoms with Crippen LogP contribution in [0.5, 0.6) is 0 Å². The number of aliphatic hydroxyl groups excluding tert-OH is 1. The van der Waals surface area contributed by atoms with Crippen LogP contribution in [0, 0.1) is 11.3 Å². The lowest BCUT2D eigenvalue weighted by Gasteiger charge is -2.32. The van der Waals surface area contributed by atoms with Crippen molar-refractivity contribution in [1.29, 1.82) is 0 Å². The minimum absolute atomic E-state index is 0.0509. The van der Waals surface area contributed by atoms with Gasteiger partial charge in [0.2, 0.25) is 0 Å². The quantitative estimate of drug-likeness (QED) is 0.649. The number of rotatable bonds is 1. The van der Waals surface area contributed by atoms with Gasteiger partial charge in [-0.15, -0.1) is 0 Å². The Bertz CT molecular complexity index is 235. The number of hydrogen-bond acceptors (Lipinski definition) is 3. The van der Waals surface area contributed by atoms with Gasteiger partial charge in [0.1, 0.15) is 0 Å². The maximum Gasteiger partial charge on any atom is 0.309 e. The topological polar surface area (TPSA) is 46.5 Å². The van der Waals surface area contributed by atoms with Gasteiger partial charge in [-0.2, -0.15) is 0 Å². The second kappa shape index (κ2) is 3.54. The molecule has 3 nitrogen and oxygen atoms in total. The zero-order valence-electron chi connectivity index (χ0n) is 8.66. The highest BCUT2D eigenvalue weighted by molar-refractivity contribution is 5.74. The van der Waals surface area contributed by atoms with Gasteiger partial charge in [-0.3, -0.25) is 4.79 Å². The summed E-state index contributed by atoms with van der Waals surface area (Å²) in [6.07, 6.45) is 5.55. The highest BCUT2D eigenvalue weighted by Gasteiger charge is 2.53. The molecule has 2 fully saturated rings. The predicted octanol–water partition coefficient (Wildman–Crippen LogP) is 1.49. The third-order valence-electron chi connectivity index (χ3n) is 4.10. The van der Waals surface area contributed by atoms with Gasteiger partial charge in [0.15, 0.2) is 0 Å². The molecule has 1 spiro atoms. The molecular formula is C11H18O3. The molecule has 0 amide bonds. The molecule has 1 unspecified atom stereocenters. The second-order valence-electron chi connectivity index (χ2n) is 4.61. The molecule has 2 aliphatic carbocycles. The molecule has 3 atom stereocenters. The van der Waals surface area contributed by atoms with Gasteiger partial charge in [0, 0.05) is 5.41 Å². The molecular weight excluding hydrogens is 180 g/mol. The fraction of sp³-hybridized carbons (Fsp3) is 0.909. The first kappa shape index (κ1) is 9.97. The van der Waals surface area contributed by atoms with Crippen LogP contribution in [0.3, 0.4) is 0 Å². The molecule has 0 aromatic heterocycles. The van der Waals surface area contributed by atoms with E-state index in [0.717, 1.165) is 38.5 Å². The molecule has 0 heterocycles. The van der Waals surface area contributed by atoms with E-state index in [1.807, 2.05) is 0 Å². The van der Waals surface area contributed by atoms with Crippen molar-refractivity contribution in [3.63, 3.8) is 0 Å². The van der Waals surface area contributed by atoms with E-state index in [0.29, 0.717) is 0 Å². The smallest absolute Gasteiger partial charge is 0.309 e. The molecule has 0 aromatic rings. The van der Waals surface area contributed by atoms with Crippen LogP contribution in [0.25, 0.3) is 0 Å². The molecule has 2 saturated carbocycles. The van der Waals surface area contributed by atoms with E-state index >= 15 is 0 Å². The average molecular weight is 198 g/mol. The summed E-state index contributed by atoms with van der Waals surface area (Å²) >= 11 is 0. The van der Waals surface area contributed by atoms with E-state index in [9.17, 15) is 9.90 Å². The lowest BCUT2D eigenvalue weighted by atomic mass is 9.74. The fourth-order valence-corrected chi connectivity index (χ4v) is 3.37. The molecule has 2 aliphatic rings. The minimum Gasteiger partial charge on any atom is -0.469 e. The van der Waals surface area contributed by atoms with Gasteiger partial charge in [0.25, 0.3) is 0 Å². The Morgan fingerprint density at radius 1 is 1.36 bits per heavy atom. The first-order valence-corrected chi connectivity index (χ1v) is 5.46. The normalized spacial score (nSPS) is 41.9. The van der Waals surface area contributed by atoms with Crippen molar-refractivity contribution in [1.82, 2.24) is 0 Å². The Morgan fingerprint density at radius 3 is 2.50 bits per heavy atom. The zero-order valence-corrected chi connectivity index (χ0v) is 8.66. The number of hydrogen-bond donors (Lipinski definition) is 1. The predicted molar refractivity (Wildman–Crippen MR) is 51.6 cm³/mol. The molecule has 14 heavy (non-hydrogen) atoms. The zero-order chi connectivity index (χ0) is 10.2. The Balaban J connectivity index is 2.20. The van der Waals surface area contributed by atoms with E-state index in [-0.39, 0.29) is 23.4 Å². The highest BCUT2D eigenvalue weighted by atomic mass is 16.5. The fourth-order valence-electron chi connectivity index (χ4n) is 3.37. The highest BCUT2D eigenvalue weighted by Crippen LogP contribution is 2.54. The number of aliphatic hydroxyl groups is 1. The average Bonchev–Trinajstić information content (AvgIpc) is 2.76. The van der Waals surface area contributed by atoms with Crippen molar-refractivity contribution >= 4 is 5.97 Å². The summed E-state index contributed by atoms with van der Waals surface area (Å²) in [7, 11) is 1.44. The summed E-state index contributed by atoms with van der Waals surface area (Å²) in [5, 5.41) is 9.99. The monoisotopic (exact) mass is 198 g/mol. The number of carbonyl (C=O) groups excluding carboxylic acids is 1. The van der Waals surface area contributed by atoms with E-state index < -0.39 is 0 Å². The molecule has 80 valence electrons. The van der Waals surface area contributed by atoms with Crippen molar-refractivity contribution in [3.05, 3.63) is 0 Å². The molecule has 0 aromatic carbocycles. The lowest BCUT2D eigenvalue weighted by Crippen LogP contribution is -2.38. The van der Waals surface area contributed by atoms with Crippen LogP contribution in [0.4, 0.5) is 0 Å². The summed E-state index contributed by atoms with van der Waals surface area (Å²) in [4.78, 5) is 11.6. The van der Waals surface area contributed by atoms with Crippen LogP contribution in [-0.2, 0) is 9.53 Å². The van der Waals surface area contributed by atoms with Crippen molar-refractivity contribution in [2.24, 2.45) is 11.3 Å². The Morgan fingerprint density at radius 2 is 2.00 bits per heavy atom. The minimum atomic E-state index is -0.283. The maximum atomic E-state index is 11.6. The first-order chi connectivity index (χ1) is 6.70. The van der Waals surface area contributed by atoms with E-state index in [4.69, 9.17) is 4.74 Å². The van der Waals surface area contributed by atoms with E-state index in [2.05, 4.69) is 0 Å². The molecule has 1 N–H and O–H groups in total. The summed E-state index contributed by atoms with van der Waals surface area (Å²) in [6.45, 7) is 0. The first-order valence-electron chi connectivity index (χ1n) is 5.46. The van der Waals surface area contributed by atoms with Crippen molar-refractivity contribution in [2.45, 2.75) is 44.6 Å². The SMILES string of the molecule is COC(=O)C1CCC[C@@]12CCC[C@@H]2O. The second-order valence-corrected chi connectivity index (χ2v) is 4.61. The van der Waals surface area contributed by atoms with Crippen molar-refractivity contribution in [3.8, 4) is 0 Å². The van der Waals surface area contributed by atoms with Crippen LogP contribution in [0.2, 0.25) is 0 Å². The molecule has 2 rings (SSSR count). The molecule has 0 saturated heterocycles. The van der Waals surface area contributed by atoms with Crippen LogP contribution >= 0.6 is 0 Å². The maximum absolute atomic E-state index is 11.6. The largest absolute Gasteiger partial charge is 0.469 e. The van der Waals surface area contributed by atoms with Crippen molar-refractivity contribution in [2.75, 3.05) is 7.11 Å². The summed E-state index contributed by atoms with van der Waals surface area (Å²) in [5.74, 6) is -0.173. The van der Waals surface area contributed by atoms with E-state index in [1.54, 1.807) is 0 Å². The summed E-state index contributed by atoms with van der Waals surface area (Å²) in [5.41, 5.74) is -0.132. The number of carbonyl (C=O) groups is 1. The van der Waals surface area contributed by atoms with Crippen LogP contribution in [0.1, 0.15) is 38.5 Å². The van der Waals surface area contributed by atoms with Gasteiger partial charge < -0.3 is 9.84 Å². The molecule has 3 heteroatoms. The Labute approximate surface area is 84.4 Å². The summed E-state index contributed by atoms with van der Waals surface area (Å²) in [6, 6.07) is 0. The van der Waals surface area contributed by atoms with Gasteiger partial charge in [-0.1, -0.05) is 12.8 Å².